The molecule has 0 unspecified atom stereocenters. The van der Waals surface area contributed by atoms with Gasteiger partial charge in [-0.05, 0) is 46.4 Å². The Hall–Kier alpha value is -0.500. The molecule has 2 N–H and O–H groups in total. The number of alkyl halides is 3. The third-order valence-electron chi connectivity index (χ3n) is 1.40. The molecule has 0 fully saturated rings. The van der Waals surface area contributed by atoms with E-state index in [0.717, 1.165) is 0 Å². The van der Waals surface area contributed by atoms with Gasteiger partial charge in [0.1, 0.15) is 5.75 Å². The molecule has 0 atom stereocenters. The second kappa shape index (κ2) is 4.35. The Kier molecular flexibility index (Phi) is 3.59. The van der Waals surface area contributed by atoms with Crippen molar-refractivity contribution in [3.63, 3.8) is 0 Å². The SMILES string of the molecule is NCc1cc(I)cc(OC(F)(F)F)c1. The Balaban J connectivity index is 2.92. The van der Waals surface area contributed by atoms with Crippen LogP contribution in [0.4, 0.5) is 13.2 Å². The molecule has 0 aliphatic rings. The largest absolute Gasteiger partial charge is 0.573 e. The Morgan fingerprint density at radius 2 is 1.93 bits per heavy atom. The van der Waals surface area contributed by atoms with Gasteiger partial charge in [0, 0.05) is 10.1 Å². The van der Waals surface area contributed by atoms with Gasteiger partial charge < -0.3 is 10.5 Å². The van der Waals surface area contributed by atoms with Crippen LogP contribution in [0.1, 0.15) is 5.56 Å². The highest BCUT2D eigenvalue weighted by Crippen LogP contribution is 2.25. The Morgan fingerprint density at radius 3 is 2.43 bits per heavy atom. The van der Waals surface area contributed by atoms with Crippen LogP contribution in [0.5, 0.6) is 5.75 Å². The van der Waals surface area contributed by atoms with E-state index in [1.807, 2.05) is 22.6 Å². The molecule has 0 heterocycles. The highest BCUT2D eigenvalue weighted by molar-refractivity contribution is 14.1. The van der Waals surface area contributed by atoms with Crippen molar-refractivity contribution < 1.29 is 17.9 Å². The van der Waals surface area contributed by atoms with E-state index in [-0.39, 0.29) is 12.3 Å². The zero-order valence-electron chi connectivity index (χ0n) is 6.94. The van der Waals surface area contributed by atoms with E-state index in [4.69, 9.17) is 5.73 Å². The maximum Gasteiger partial charge on any atom is 0.573 e. The minimum atomic E-state index is -4.66. The first-order chi connectivity index (χ1) is 6.40. The summed E-state index contributed by atoms with van der Waals surface area (Å²) < 4.78 is 40.0. The van der Waals surface area contributed by atoms with Crippen LogP contribution >= 0.6 is 22.6 Å². The zero-order chi connectivity index (χ0) is 10.8. The maximum absolute atomic E-state index is 11.9. The smallest absolute Gasteiger partial charge is 0.406 e. The second-order valence-electron chi connectivity index (χ2n) is 2.55. The fourth-order valence-corrected chi connectivity index (χ4v) is 1.64. The summed E-state index contributed by atoms with van der Waals surface area (Å²) in [5.74, 6) is -0.232. The third-order valence-corrected chi connectivity index (χ3v) is 2.02. The van der Waals surface area contributed by atoms with Crippen LogP contribution in [0.25, 0.3) is 0 Å². The third kappa shape index (κ3) is 3.70. The fourth-order valence-electron chi connectivity index (χ4n) is 0.931. The predicted molar refractivity (Wildman–Crippen MR) is 53.7 cm³/mol. The van der Waals surface area contributed by atoms with E-state index >= 15 is 0 Å². The summed E-state index contributed by atoms with van der Waals surface area (Å²) in [4.78, 5) is 0. The van der Waals surface area contributed by atoms with Gasteiger partial charge in [-0.3, -0.25) is 0 Å². The molecule has 0 aliphatic heterocycles. The van der Waals surface area contributed by atoms with Crippen LogP contribution in [0.15, 0.2) is 18.2 Å². The average molecular weight is 317 g/mol. The Morgan fingerprint density at radius 1 is 1.29 bits per heavy atom. The zero-order valence-corrected chi connectivity index (χ0v) is 9.09. The van der Waals surface area contributed by atoms with Gasteiger partial charge in [0.25, 0.3) is 0 Å². The first-order valence-electron chi connectivity index (χ1n) is 3.66. The van der Waals surface area contributed by atoms with Crippen LogP contribution in [0.2, 0.25) is 0 Å². The number of hydrogen-bond donors (Lipinski definition) is 1. The lowest BCUT2D eigenvalue weighted by atomic mass is 10.2. The first-order valence-corrected chi connectivity index (χ1v) is 4.74. The molecule has 0 saturated carbocycles. The molecule has 0 saturated heterocycles. The molecule has 1 rings (SSSR count). The van der Waals surface area contributed by atoms with Gasteiger partial charge in [0.2, 0.25) is 0 Å². The monoisotopic (exact) mass is 317 g/mol. The van der Waals surface area contributed by atoms with Crippen molar-refractivity contribution >= 4 is 22.6 Å². The lowest BCUT2D eigenvalue weighted by Crippen LogP contribution is -2.17. The predicted octanol–water partition coefficient (Wildman–Crippen LogP) is 2.65. The lowest BCUT2D eigenvalue weighted by Gasteiger charge is -2.10. The summed E-state index contributed by atoms with van der Waals surface area (Å²) in [5, 5.41) is 0. The molecule has 1 aromatic carbocycles. The fraction of sp³-hybridized carbons (Fsp3) is 0.250. The van der Waals surface area contributed by atoms with Crippen LogP contribution in [0.3, 0.4) is 0 Å². The molecule has 0 radical (unpaired) electrons. The molecule has 6 heteroatoms. The summed E-state index contributed by atoms with van der Waals surface area (Å²) in [6.45, 7) is 0.186. The standard InChI is InChI=1S/C8H7F3INO/c9-8(10,11)14-7-2-5(4-13)1-6(12)3-7/h1-3H,4,13H2. The topological polar surface area (TPSA) is 35.2 Å². The lowest BCUT2D eigenvalue weighted by molar-refractivity contribution is -0.274. The van der Waals surface area contributed by atoms with E-state index in [1.165, 1.54) is 12.1 Å². The van der Waals surface area contributed by atoms with Crippen molar-refractivity contribution in [2.24, 2.45) is 5.73 Å². The van der Waals surface area contributed by atoms with E-state index in [1.54, 1.807) is 6.07 Å². The minimum Gasteiger partial charge on any atom is -0.406 e. The van der Waals surface area contributed by atoms with Crippen molar-refractivity contribution in [3.05, 3.63) is 27.3 Å². The number of hydrogen-bond acceptors (Lipinski definition) is 2. The molecule has 0 aromatic heterocycles. The molecule has 0 amide bonds. The number of halogens is 4. The van der Waals surface area contributed by atoms with Crippen molar-refractivity contribution in [1.82, 2.24) is 0 Å². The van der Waals surface area contributed by atoms with Gasteiger partial charge >= 0.3 is 6.36 Å². The van der Waals surface area contributed by atoms with Gasteiger partial charge in [-0.2, -0.15) is 0 Å². The Labute approximate surface area is 92.4 Å². The van der Waals surface area contributed by atoms with E-state index < -0.39 is 6.36 Å². The van der Waals surface area contributed by atoms with E-state index in [2.05, 4.69) is 4.74 Å². The normalized spacial score (nSPS) is 11.5. The maximum atomic E-state index is 11.9. The van der Waals surface area contributed by atoms with Gasteiger partial charge in [0.15, 0.2) is 0 Å². The molecular formula is C8H7F3INO. The molecule has 0 aliphatic carbocycles. The highest BCUT2D eigenvalue weighted by atomic mass is 127. The molecule has 14 heavy (non-hydrogen) atoms. The Bertz CT molecular complexity index is 327. The summed E-state index contributed by atoms with van der Waals surface area (Å²) in [6, 6.07) is 4.27. The number of rotatable bonds is 2. The quantitative estimate of drug-likeness (QED) is 0.851. The summed E-state index contributed by atoms with van der Waals surface area (Å²) in [7, 11) is 0. The minimum absolute atomic E-state index is 0.186. The van der Waals surface area contributed by atoms with Crippen molar-refractivity contribution in [2.45, 2.75) is 12.9 Å². The van der Waals surface area contributed by atoms with Crippen molar-refractivity contribution in [1.29, 1.82) is 0 Å². The van der Waals surface area contributed by atoms with Gasteiger partial charge in [-0.25, -0.2) is 0 Å². The van der Waals surface area contributed by atoms with E-state index in [0.29, 0.717) is 9.13 Å². The van der Waals surface area contributed by atoms with Crippen LogP contribution in [0, 0.1) is 3.57 Å². The molecule has 78 valence electrons. The van der Waals surface area contributed by atoms with Gasteiger partial charge in [-0.15, -0.1) is 13.2 Å². The number of ether oxygens (including phenoxy) is 1. The van der Waals surface area contributed by atoms with Crippen LogP contribution in [-0.4, -0.2) is 6.36 Å². The van der Waals surface area contributed by atoms with Crippen molar-refractivity contribution in [2.75, 3.05) is 0 Å². The molecule has 0 bridgehead atoms. The van der Waals surface area contributed by atoms with Crippen molar-refractivity contribution in [3.8, 4) is 5.75 Å². The van der Waals surface area contributed by atoms with Gasteiger partial charge in [-0.1, -0.05) is 0 Å². The average Bonchev–Trinajstić information content (AvgIpc) is 1.99. The molecule has 2 nitrogen and oxygen atoms in total. The first kappa shape index (κ1) is 11.6. The van der Waals surface area contributed by atoms with Gasteiger partial charge in [0.05, 0.1) is 0 Å². The summed E-state index contributed by atoms with van der Waals surface area (Å²) in [6.07, 6.45) is -4.66. The molecule has 0 spiro atoms. The molecular weight excluding hydrogens is 310 g/mol. The van der Waals surface area contributed by atoms with Crippen LogP contribution < -0.4 is 10.5 Å². The van der Waals surface area contributed by atoms with Crippen LogP contribution in [-0.2, 0) is 6.54 Å². The molecule has 1 aromatic rings. The van der Waals surface area contributed by atoms with E-state index in [9.17, 15) is 13.2 Å². The summed E-state index contributed by atoms with van der Waals surface area (Å²) >= 11 is 1.90. The number of benzene rings is 1. The highest BCUT2D eigenvalue weighted by Gasteiger charge is 2.31. The second-order valence-corrected chi connectivity index (χ2v) is 3.79. The summed E-state index contributed by atoms with van der Waals surface area (Å²) in [5.41, 5.74) is 5.92. The number of nitrogens with two attached hydrogens (primary N) is 1.